The first-order valence-corrected chi connectivity index (χ1v) is 10.1. The van der Waals surface area contributed by atoms with Crippen LogP contribution in [0.4, 0.5) is 10.1 Å². The molecule has 6 heteroatoms. The van der Waals surface area contributed by atoms with Gasteiger partial charge in [-0.1, -0.05) is 35.0 Å². The van der Waals surface area contributed by atoms with E-state index < -0.39 is 6.10 Å². The van der Waals surface area contributed by atoms with Gasteiger partial charge in [0.15, 0.2) is 0 Å². The van der Waals surface area contributed by atoms with Crippen LogP contribution in [0.5, 0.6) is 0 Å². The topological polar surface area (TPSA) is 45.1 Å². The highest BCUT2D eigenvalue weighted by molar-refractivity contribution is 5.94. The second-order valence-corrected chi connectivity index (χ2v) is 7.86. The number of hydrogen-bond acceptors (Lipinski definition) is 4. The number of oxime groups is 1. The van der Waals surface area contributed by atoms with Crippen molar-refractivity contribution in [2.75, 3.05) is 31.1 Å². The zero-order valence-corrected chi connectivity index (χ0v) is 16.9. The van der Waals surface area contributed by atoms with E-state index in [1.165, 1.54) is 28.9 Å². The highest BCUT2D eigenvalue weighted by Crippen LogP contribution is 2.23. The van der Waals surface area contributed by atoms with Crippen LogP contribution in [0.2, 0.25) is 0 Å². The Balaban J connectivity index is 1.29. The number of rotatable bonds is 4. The summed E-state index contributed by atoms with van der Waals surface area (Å²) in [6, 6.07) is 12.8. The molecule has 0 saturated carbocycles. The number of benzene rings is 2. The number of carbonyl (C=O) groups excluding carboxylic acids is 1. The number of hydrogen-bond donors (Lipinski definition) is 0. The molecule has 0 bridgehead atoms. The molecule has 2 aliphatic rings. The predicted molar refractivity (Wildman–Crippen MR) is 112 cm³/mol. The Hall–Kier alpha value is -2.89. The molecule has 152 valence electrons. The van der Waals surface area contributed by atoms with E-state index in [9.17, 15) is 9.18 Å². The number of halogens is 1. The molecule has 1 fully saturated rings. The number of carbonyl (C=O) groups is 1. The highest BCUT2D eigenvalue weighted by atomic mass is 19.1. The molecule has 0 aliphatic carbocycles. The van der Waals surface area contributed by atoms with Gasteiger partial charge in [0.1, 0.15) is 5.82 Å². The first kappa shape index (κ1) is 19.4. The van der Waals surface area contributed by atoms with Gasteiger partial charge in [-0.2, -0.15) is 0 Å². The Labute approximate surface area is 170 Å². The van der Waals surface area contributed by atoms with Crippen LogP contribution in [-0.2, 0) is 16.1 Å². The molecule has 2 aromatic rings. The van der Waals surface area contributed by atoms with Gasteiger partial charge in [-0.3, -0.25) is 4.79 Å². The molecule has 1 unspecified atom stereocenters. The lowest BCUT2D eigenvalue weighted by Crippen LogP contribution is -2.51. The first-order chi connectivity index (χ1) is 14.0. The molecule has 1 amide bonds. The van der Waals surface area contributed by atoms with E-state index in [2.05, 4.69) is 42.1 Å². The summed E-state index contributed by atoms with van der Waals surface area (Å²) in [7, 11) is 0. The molecule has 1 saturated heterocycles. The van der Waals surface area contributed by atoms with Gasteiger partial charge < -0.3 is 14.6 Å². The minimum atomic E-state index is -0.543. The second kappa shape index (κ2) is 8.23. The summed E-state index contributed by atoms with van der Waals surface area (Å²) in [4.78, 5) is 22.5. The van der Waals surface area contributed by atoms with Crippen molar-refractivity contribution >= 4 is 17.3 Å². The molecule has 2 aliphatic heterocycles. The second-order valence-electron chi connectivity index (χ2n) is 7.86. The van der Waals surface area contributed by atoms with Crippen LogP contribution in [0, 0.1) is 19.7 Å². The molecule has 0 aromatic heterocycles. The maximum atomic E-state index is 13.0. The average Bonchev–Trinajstić information content (AvgIpc) is 3.18. The molecule has 5 nitrogen and oxygen atoms in total. The monoisotopic (exact) mass is 395 g/mol. The number of amides is 1. The van der Waals surface area contributed by atoms with Crippen molar-refractivity contribution in [3.05, 3.63) is 65.0 Å². The number of anilines is 1. The molecule has 1 atom stereocenters. The van der Waals surface area contributed by atoms with Crippen LogP contribution >= 0.6 is 0 Å². The fraction of sp³-hybridized carbons (Fsp3) is 0.391. The van der Waals surface area contributed by atoms with Crippen molar-refractivity contribution < 1.29 is 14.0 Å². The van der Waals surface area contributed by atoms with Gasteiger partial charge in [0.05, 0.1) is 5.71 Å². The first-order valence-electron chi connectivity index (χ1n) is 10.1. The van der Waals surface area contributed by atoms with Gasteiger partial charge in [-0.15, -0.1) is 0 Å². The van der Waals surface area contributed by atoms with E-state index in [4.69, 9.17) is 4.84 Å². The molecule has 0 spiro atoms. The minimum Gasteiger partial charge on any atom is -0.382 e. The van der Waals surface area contributed by atoms with Crippen LogP contribution in [0.1, 0.15) is 23.1 Å². The smallest absolute Gasteiger partial charge is 0.267 e. The Morgan fingerprint density at radius 3 is 2.52 bits per heavy atom. The summed E-state index contributed by atoms with van der Waals surface area (Å²) >= 11 is 0. The Kier molecular flexibility index (Phi) is 5.51. The lowest BCUT2D eigenvalue weighted by molar-refractivity contribution is -0.142. The number of nitrogens with zero attached hydrogens (tertiary/aromatic N) is 3. The summed E-state index contributed by atoms with van der Waals surface area (Å²) in [6.45, 7) is 7.21. The molecule has 0 N–H and O–H groups in total. The molecular weight excluding hydrogens is 369 g/mol. The van der Waals surface area contributed by atoms with Gasteiger partial charge in [0.2, 0.25) is 6.10 Å². The van der Waals surface area contributed by atoms with Crippen LogP contribution in [-0.4, -0.2) is 48.8 Å². The van der Waals surface area contributed by atoms with E-state index in [-0.39, 0.29) is 11.7 Å². The third-order valence-corrected chi connectivity index (χ3v) is 5.61. The van der Waals surface area contributed by atoms with Gasteiger partial charge in [0.25, 0.3) is 5.91 Å². The van der Waals surface area contributed by atoms with E-state index in [0.29, 0.717) is 25.9 Å². The van der Waals surface area contributed by atoms with Gasteiger partial charge in [-0.25, -0.2) is 4.39 Å². The molecule has 2 heterocycles. The molecule has 4 rings (SSSR count). The average molecular weight is 395 g/mol. The zero-order valence-electron chi connectivity index (χ0n) is 16.9. The van der Waals surface area contributed by atoms with Crippen molar-refractivity contribution in [3.8, 4) is 0 Å². The van der Waals surface area contributed by atoms with Crippen molar-refractivity contribution in [1.29, 1.82) is 0 Å². The third kappa shape index (κ3) is 4.42. The van der Waals surface area contributed by atoms with Gasteiger partial charge >= 0.3 is 0 Å². The number of piperazine rings is 1. The Morgan fingerprint density at radius 2 is 1.83 bits per heavy atom. The predicted octanol–water partition coefficient (Wildman–Crippen LogP) is 3.48. The zero-order chi connectivity index (χ0) is 20.4. The highest BCUT2D eigenvalue weighted by Gasteiger charge is 2.33. The van der Waals surface area contributed by atoms with Gasteiger partial charge in [-0.05, 0) is 43.2 Å². The van der Waals surface area contributed by atoms with Gasteiger partial charge in [0, 0.05) is 44.7 Å². The Bertz CT molecular complexity index is 918. The summed E-state index contributed by atoms with van der Waals surface area (Å²) in [5.74, 6) is -0.255. The maximum absolute atomic E-state index is 13.0. The number of aryl methyl sites for hydroxylation is 2. The van der Waals surface area contributed by atoms with E-state index >= 15 is 0 Å². The molecular formula is C23H26FN3O2. The van der Waals surface area contributed by atoms with Crippen molar-refractivity contribution in [2.24, 2.45) is 5.16 Å². The van der Waals surface area contributed by atoms with Crippen molar-refractivity contribution in [3.63, 3.8) is 0 Å². The van der Waals surface area contributed by atoms with E-state index in [1.54, 1.807) is 12.1 Å². The molecule has 2 aromatic carbocycles. The van der Waals surface area contributed by atoms with E-state index in [0.717, 1.165) is 24.4 Å². The van der Waals surface area contributed by atoms with Crippen LogP contribution < -0.4 is 4.90 Å². The quantitative estimate of drug-likeness (QED) is 0.796. The molecule has 0 radical (unpaired) electrons. The SMILES string of the molecule is Cc1ccc(N2CCN(C(=O)C3CC(Cc4ccc(F)cc4)=NO3)CC2)c(C)c1. The Morgan fingerprint density at radius 1 is 1.10 bits per heavy atom. The maximum Gasteiger partial charge on any atom is 0.267 e. The fourth-order valence-corrected chi connectivity index (χ4v) is 4.03. The van der Waals surface area contributed by atoms with Crippen LogP contribution in [0.15, 0.2) is 47.6 Å². The summed E-state index contributed by atoms with van der Waals surface area (Å²) in [6.07, 6.45) is 0.524. The summed E-state index contributed by atoms with van der Waals surface area (Å²) < 4.78 is 13.0. The van der Waals surface area contributed by atoms with Crippen LogP contribution in [0.3, 0.4) is 0 Å². The fourth-order valence-electron chi connectivity index (χ4n) is 4.03. The lowest BCUT2D eigenvalue weighted by atomic mass is 10.0. The van der Waals surface area contributed by atoms with E-state index in [1.807, 2.05) is 4.90 Å². The van der Waals surface area contributed by atoms with Crippen molar-refractivity contribution in [1.82, 2.24) is 4.90 Å². The summed E-state index contributed by atoms with van der Waals surface area (Å²) in [5, 5.41) is 4.10. The van der Waals surface area contributed by atoms with Crippen molar-refractivity contribution in [2.45, 2.75) is 32.8 Å². The standard InChI is InChI=1S/C23H26FN3O2/c1-16-3-8-21(17(2)13-16)26-9-11-27(12-10-26)23(28)22-15-20(25-29-22)14-18-4-6-19(24)7-5-18/h3-8,13,22H,9-12,14-15H2,1-2H3. The molecule has 29 heavy (non-hydrogen) atoms. The van der Waals surface area contributed by atoms with Crippen LogP contribution in [0.25, 0.3) is 0 Å². The summed E-state index contributed by atoms with van der Waals surface area (Å²) in [5.41, 5.74) is 5.55. The lowest BCUT2D eigenvalue weighted by Gasteiger charge is -2.37. The third-order valence-electron chi connectivity index (χ3n) is 5.61. The largest absolute Gasteiger partial charge is 0.382 e. The minimum absolute atomic E-state index is 0.00290. The normalized spacial score (nSPS) is 19.1.